The van der Waals surface area contributed by atoms with E-state index in [1.54, 1.807) is 0 Å². The number of aromatic nitrogens is 2. The second kappa shape index (κ2) is 16.7. The standard InChI is InChI=1S/C28H40N6O2S.Cu/c35-26(12-2-1-11-25-27-24(21-37-25)32-28(36)33-27)31-17-7-8-18-34(19-13-22-9-3-5-15-29-22)20-14-23-10-4-6-16-30-23;/h3-6,9-10,15-16,24-25,27H,1-2,7-8,11-14,17-21H2,(H,31,35)(H2,32,33,36);/q;+1/t24-,25-,27-;/m0./s1. The Morgan fingerprint density at radius 3 is 2.32 bits per heavy atom. The van der Waals surface area contributed by atoms with Crippen LogP contribution in [0.15, 0.2) is 48.8 Å². The Balaban J connectivity index is 0.00000400. The molecule has 38 heavy (non-hydrogen) atoms. The molecule has 0 unspecified atom stereocenters. The number of fused-ring (bicyclic) bond motifs is 1. The second-order valence-corrected chi connectivity index (χ2v) is 11.2. The summed E-state index contributed by atoms with van der Waals surface area (Å²) >= 11 is 1.93. The van der Waals surface area contributed by atoms with Gasteiger partial charge in [0.05, 0.1) is 12.1 Å². The van der Waals surface area contributed by atoms with E-state index in [4.69, 9.17) is 0 Å². The van der Waals surface area contributed by atoms with Crippen LogP contribution in [0.1, 0.15) is 49.9 Å². The first kappa shape index (κ1) is 30.4. The van der Waals surface area contributed by atoms with E-state index in [-0.39, 0.29) is 41.1 Å². The van der Waals surface area contributed by atoms with Crippen molar-refractivity contribution >= 4 is 23.7 Å². The van der Waals surface area contributed by atoms with Crippen LogP contribution in [-0.4, -0.2) is 76.1 Å². The van der Waals surface area contributed by atoms with Crippen LogP contribution in [0.25, 0.3) is 0 Å². The molecule has 210 valence electrons. The molecule has 0 spiro atoms. The van der Waals surface area contributed by atoms with Crippen LogP contribution in [-0.2, 0) is 34.7 Å². The topological polar surface area (TPSA) is 99.2 Å². The summed E-state index contributed by atoms with van der Waals surface area (Å²) in [6.07, 6.45) is 11.1. The third-order valence-corrected chi connectivity index (χ3v) is 8.63. The van der Waals surface area contributed by atoms with Crippen LogP contribution in [0.2, 0.25) is 0 Å². The summed E-state index contributed by atoms with van der Waals surface area (Å²) in [6.45, 7) is 3.67. The Kier molecular flexibility index (Phi) is 13.4. The molecule has 2 aliphatic heterocycles. The SMILES string of the molecule is O=C(CCCC[C@@H]1SC[C@@H]2NC(=O)N[C@@H]21)NCCCCN(CCc1ccccn1)CCc1ccccn1.[Cu+]. The van der Waals surface area contributed by atoms with Gasteiger partial charge >= 0.3 is 23.1 Å². The minimum absolute atomic E-state index is 0. The molecule has 2 aliphatic rings. The third-order valence-electron chi connectivity index (χ3n) is 7.12. The number of rotatable bonds is 16. The maximum atomic E-state index is 12.3. The number of carbonyl (C=O) groups is 2. The molecule has 4 rings (SSSR count). The Morgan fingerprint density at radius 1 is 0.947 bits per heavy atom. The molecule has 3 amide bonds. The van der Waals surface area contributed by atoms with Crippen molar-refractivity contribution in [3.8, 4) is 0 Å². The minimum atomic E-state index is -0.0378. The van der Waals surface area contributed by atoms with Crippen molar-refractivity contribution < 1.29 is 26.7 Å². The van der Waals surface area contributed by atoms with E-state index in [9.17, 15) is 9.59 Å². The second-order valence-electron chi connectivity index (χ2n) is 9.91. The van der Waals surface area contributed by atoms with E-state index in [2.05, 4.69) is 43.0 Å². The molecule has 0 bridgehead atoms. The van der Waals surface area contributed by atoms with Crippen molar-refractivity contribution in [3.63, 3.8) is 0 Å². The van der Waals surface area contributed by atoms with Crippen LogP contribution >= 0.6 is 11.8 Å². The molecular formula is C28H40CuN6O2S+. The maximum absolute atomic E-state index is 12.3. The van der Waals surface area contributed by atoms with Gasteiger partial charge in [-0.05, 0) is 56.5 Å². The molecule has 8 nitrogen and oxygen atoms in total. The van der Waals surface area contributed by atoms with Gasteiger partial charge in [0, 0.05) is 73.7 Å². The van der Waals surface area contributed by atoms with Gasteiger partial charge in [0.1, 0.15) is 0 Å². The average Bonchev–Trinajstić information content (AvgIpc) is 3.48. The molecule has 2 fully saturated rings. The zero-order valence-electron chi connectivity index (χ0n) is 21.9. The summed E-state index contributed by atoms with van der Waals surface area (Å²) in [4.78, 5) is 35.2. The quantitative estimate of drug-likeness (QED) is 0.158. The number of amides is 3. The zero-order valence-corrected chi connectivity index (χ0v) is 23.7. The number of carbonyl (C=O) groups excluding carboxylic acids is 2. The van der Waals surface area contributed by atoms with Gasteiger partial charge in [-0.25, -0.2) is 4.79 Å². The molecule has 0 radical (unpaired) electrons. The van der Waals surface area contributed by atoms with Crippen LogP contribution in [0.3, 0.4) is 0 Å². The van der Waals surface area contributed by atoms with Gasteiger partial charge in [0.15, 0.2) is 0 Å². The van der Waals surface area contributed by atoms with Crippen molar-refractivity contribution in [1.82, 2.24) is 30.8 Å². The predicted molar refractivity (Wildman–Crippen MR) is 149 cm³/mol. The van der Waals surface area contributed by atoms with Gasteiger partial charge in [0.2, 0.25) is 5.91 Å². The summed E-state index contributed by atoms with van der Waals surface area (Å²) < 4.78 is 0. The number of urea groups is 1. The van der Waals surface area contributed by atoms with Crippen LogP contribution in [0.4, 0.5) is 4.79 Å². The van der Waals surface area contributed by atoms with E-state index < -0.39 is 0 Å². The fourth-order valence-corrected chi connectivity index (χ4v) is 6.57. The molecule has 2 aromatic heterocycles. The average molecular weight is 588 g/mol. The van der Waals surface area contributed by atoms with Crippen molar-refractivity contribution in [1.29, 1.82) is 0 Å². The van der Waals surface area contributed by atoms with Crippen LogP contribution in [0, 0.1) is 0 Å². The fourth-order valence-electron chi connectivity index (χ4n) is 5.02. The summed E-state index contributed by atoms with van der Waals surface area (Å²) in [5.74, 6) is 1.13. The Hall–Kier alpha value is -2.13. The first-order valence-corrected chi connectivity index (χ1v) is 14.7. The molecule has 0 saturated carbocycles. The molecule has 3 atom stereocenters. The normalized spacial score (nSPS) is 19.9. The van der Waals surface area contributed by atoms with Crippen molar-refractivity contribution in [3.05, 3.63) is 60.2 Å². The van der Waals surface area contributed by atoms with Gasteiger partial charge in [-0.1, -0.05) is 18.6 Å². The summed E-state index contributed by atoms with van der Waals surface area (Å²) in [5.41, 5.74) is 2.24. The number of nitrogens with one attached hydrogen (secondary N) is 3. The monoisotopic (exact) mass is 587 g/mol. The fraction of sp³-hybridized carbons (Fsp3) is 0.571. The molecule has 2 aromatic rings. The van der Waals surface area contributed by atoms with Gasteiger partial charge in [-0.3, -0.25) is 14.8 Å². The van der Waals surface area contributed by atoms with E-state index >= 15 is 0 Å². The number of pyridine rings is 2. The van der Waals surface area contributed by atoms with Gasteiger partial charge in [-0.15, -0.1) is 0 Å². The van der Waals surface area contributed by atoms with Crippen LogP contribution in [0.5, 0.6) is 0 Å². The number of nitrogens with zero attached hydrogens (tertiary/aromatic N) is 3. The summed E-state index contributed by atoms with van der Waals surface area (Å²) in [7, 11) is 0. The van der Waals surface area contributed by atoms with E-state index in [1.165, 1.54) is 0 Å². The van der Waals surface area contributed by atoms with E-state index in [0.717, 1.165) is 88.3 Å². The van der Waals surface area contributed by atoms with Gasteiger partial charge in [-0.2, -0.15) is 11.8 Å². The van der Waals surface area contributed by atoms with E-state index in [0.29, 0.717) is 11.7 Å². The van der Waals surface area contributed by atoms with Crippen molar-refractivity contribution in [2.75, 3.05) is 31.9 Å². The zero-order chi connectivity index (χ0) is 25.7. The Morgan fingerprint density at radius 2 is 1.66 bits per heavy atom. The number of hydrogen-bond acceptors (Lipinski definition) is 6. The van der Waals surface area contributed by atoms with E-state index in [1.807, 2.05) is 48.4 Å². The van der Waals surface area contributed by atoms with Crippen molar-refractivity contribution in [2.45, 2.75) is 68.7 Å². The third kappa shape index (κ3) is 10.2. The molecule has 10 heteroatoms. The maximum Gasteiger partial charge on any atom is 1.00 e. The largest absolute Gasteiger partial charge is 1.00 e. The Bertz CT molecular complexity index is 927. The number of thioether (sulfide) groups is 1. The molecule has 0 aromatic carbocycles. The molecular weight excluding hydrogens is 548 g/mol. The summed E-state index contributed by atoms with van der Waals surface area (Å²) in [5, 5.41) is 9.57. The molecule has 2 saturated heterocycles. The minimum Gasteiger partial charge on any atom is -0.356 e. The smallest absolute Gasteiger partial charge is 0.356 e. The number of unbranched alkanes of at least 4 members (excludes halogenated alkanes) is 2. The first-order chi connectivity index (χ1) is 18.2. The molecule has 3 N–H and O–H groups in total. The predicted octanol–water partition coefficient (Wildman–Crippen LogP) is 3.18. The van der Waals surface area contributed by atoms with Crippen LogP contribution < -0.4 is 16.0 Å². The number of hydrogen-bond donors (Lipinski definition) is 3. The first-order valence-electron chi connectivity index (χ1n) is 13.6. The van der Waals surface area contributed by atoms with Gasteiger partial charge < -0.3 is 20.9 Å². The summed E-state index contributed by atoms with van der Waals surface area (Å²) in [6, 6.07) is 12.6. The molecule has 0 aliphatic carbocycles. The Labute approximate surface area is 241 Å². The van der Waals surface area contributed by atoms with Crippen molar-refractivity contribution in [2.24, 2.45) is 0 Å². The van der Waals surface area contributed by atoms with Gasteiger partial charge in [0.25, 0.3) is 0 Å². The molecule has 4 heterocycles.